The third-order valence-electron chi connectivity index (χ3n) is 4.44. The lowest BCUT2D eigenvalue weighted by Gasteiger charge is -2.09. The van der Waals surface area contributed by atoms with E-state index >= 15 is 0 Å². The summed E-state index contributed by atoms with van der Waals surface area (Å²) >= 11 is 0. The highest BCUT2D eigenvalue weighted by molar-refractivity contribution is 5.48. The Labute approximate surface area is 159 Å². The van der Waals surface area contributed by atoms with Crippen LogP contribution in [0.25, 0.3) is 0 Å². The van der Waals surface area contributed by atoms with Crippen LogP contribution in [0.1, 0.15) is 64.5 Å². The van der Waals surface area contributed by atoms with Gasteiger partial charge >= 0.3 is 0 Å². The van der Waals surface area contributed by atoms with Crippen molar-refractivity contribution in [2.75, 3.05) is 0 Å². The molecule has 2 heteroatoms. The van der Waals surface area contributed by atoms with Crippen molar-refractivity contribution in [3.05, 3.63) is 70.9 Å². The number of aromatic hydroxyl groups is 2. The molecule has 0 saturated carbocycles. The first-order valence-electron chi connectivity index (χ1n) is 9.42. The Bertz CT molecular complexity index is 663. The van der Waals surface area contributed by atoms with Crippen molar-refractivity contribution < 1.29 is 10.2 Å². The molecule has 142 valence electrons. The van der Waals surface area contributed by atoms with Gasteiger partial charge in [0.2, 0.25) is 0 Å². The average Bonchev–Trinajstić information content (AvgIpc) is 2.57. The number of benzene rings is 1. The quantitative estimate of drug-likeness (QED) is 0.454. The molecule has 1 aromatic carbocycles. The van der Waals surface area contributed by atoms with Gasteiger partial charge in [-0.2, -0.15) is 0 Å². The van der Waals surface area contributed by atoms with Crippen molar-refractivity contribution in [1.29, 1.82) is 0 Å². The number of hydrogen-bond donors (Lipinski definition) is 2. The monoisotopic (exact) mass is 354 g/mol. The Kier molecular flexibility index (Phi) is 9.57. The fraction of sp³-hybridized carbons (Fsp3) is 0.417. The molecular weight excluding hydrogens is 320 g/mol. The van der Waals surface area contributed by atoms with E-state index in [4.69, 9.17) is 0 Å². The number of allylic oxidation sites excluding steroid dienone is 7. The molecule has 0 fully saturated rings. The van der Waals surface area contributed by atoms with Crippen LogP contribution in [0.4, 0.5) is 0 Å². The summed E-state index contributed by atoms with van der Waals surface area (Å²) in [6.07, 6.45) is 13.6. The molecule has 0 amide bonds. The summed E-state index contributed by atoms with van der Waals surface area (Å²) in [4.78, 5) is 0. The first-order valence-corrected chi connectivity index (χ1v) is 9.42. The Balaban J connectivity index is 2.74. The van der Waals surface area contributed by atoms with Gasteiger partial charge in [0.1, 0.15) is 11.5 Å². The van der Waals surface area contributed by atoms with E-state index in [-0.39, 0.29) is 11.5 Å². The predicted octanol–water partition coefficient (Wildman–Crippen LogP) is 6.79. The summed E-state index contributed by atoms with van der Waals surface area (Å²) in [5.41, 5.74) is 5.43. The van der Waals surface area contributed by atoms with E-state index in [0.717, 1.165) is 37.7 Å². The van der Waals surface area contributed by atoms with Crippen molar-refractivity contribution in [3.8, 4) is 11.5 Å². The van der Waals surface area contributed by atoms with E-state index in [9.17, 15) is 10.2 Å². The van der Waals surface area contributed by atoms with Gasteiger partial charge in [0, 0.05) is 5.56 Å². The zero-order valence-corrected chi connectivity index (χ0v) is 16.8. The molecule has 0 atom stereocenters. The lowest BCUT2D eigenvalue weighted by Crippen LogP contribution is -1.90. The number of phenols is 2. The van der Waals surface area contributed by atoms with Crippen molar-refractivity contribution in [2.45, 2.75) is 66.2 Å². The predicted molar refractivity (Wildman–Crippen MR) is 113 cm³/mol. The molecule has 0 aliphatic heterocycles. The highest BCUT2D eigenvalue weighted by Crippen LogP contribution is 2.30. The van der Waals surface area contributed by atoms with E-state index in [1.54, 1.807) is 12.1 Å². The largest absolute Gasteiger partial charge is 0.508 e. The van der Waals surface area contributed by atoms with Gasteiger partial charge in [0.15, 0.2) is 0 Å². The molecular formula is C24H34O2. The van der Waals surface area contributed by atoms with Gasteiger partial charge in [0.25, 0.3) is 0 Å². The molecule has 0 heterocycles. The van der Waals surface area contributed by atoms with Crippen molar-refractivity contribution in [2.24, 2.45) is 0 Å². The van der Waals surface area contributed by atoms with E-state index in [1.165, 1.54) is 16.7 Å². The van der Waals surface area contributed by atoms with Gasteiger partial charge in [-0.25, -0.2) is 0 Å². The molecule has 0 unspecified atom stereocenters. The van der Waals surface area contributed by atoms with Gasteiger partial charge < -0.3 is 10.2 Å². The Morgan fingerprint density at radius 2 is 1.38 bits per heavy atom. The molecule has 1 rings (SSSR count). The summed E-state index contributed by atoms with van der Waals surface area (Å²) in [6, 6.07) is 3.53. The smallest absolute Gasteiger partial charge is 0.123 e. The summed E-state index contributed by atoms with van der Waals surface area (Å²) in [5.74, 6) is 0.340. The van der Waals surface area contributed by atoms with Crippen LogP contribution in [0, 0.1) is 0 Å². The van der Waals surface area contributed by atoms with Crippen molar-refractivity contribution in [1.82, 2.24) is 0 Å². The van der Waals surface area contributed by atoms with E-state index in [0.29, 0.717) is 12.0 Å². The van der Waals surface area contributed by atoms with Crippen molar-refractivity contribution >= 4 is 0 Å². The number of phenolic OH excluding ortho intramolecular Hbond substituents is 2. The van der Waals surface area contributed by atoms with Crippen LogP contribution in [-0.4, -0.2) is 10.2 Å². The van der Waals surface area contributed by atoms with Gasteiger partial charge in [-0.15, -0.1) is 6.58 Å². The second-order valence-corrected chi connectivity index (χ2v) is 7.27. The van der Waals surface area contributed by atoms with Crippen LogP contribution in [0.3, 0.4) is 0 Å². The third kappa shape index (κ3) is 8.24. The standard InChI is InChI=1S/C24H34O2/c1-6-7-10-19(4)13-15-22-23(25)16-21(17-24(22)26)14-12-20(5)11-8-9-18(2)3/h6,9,12-13,16-17,25-26H,1,7-8,10-11,14-15H2,2-5H3. The Hall–Kier alpha value is -2.22. The fourth-order valence-corrected chi connectivity index (χ4v) is 2.72. The van der Waals surface area contributed by atoms with Gasteiger partial charge in [-0.1, -0.05) is 41.0 Å². The van der Waals surface area contributed by atoms with Crippen LogP contribution in [0.15, 0.2) is 59.7 Å². The number of rotatable bonds is 10. The minimum absolute atomic E-state index is 0.170. The topological polar surface area (TPSA) is 40.5 Å². The number of hydrogen-bond acceptors (Lipinski definition) is 2. The highest BCUT2D eigenvalue weighted by Gasteiger charge is 2.08. The summed E-state index contributed by atoms with van der Waals surface area (Å²) in [7, 11) is 0. The Morgan fingerprint density at radius 1 is 0.846 bits per heavy atom. The van der Waals surface area contributed by atoms with E-state index < -0.39 is 0 Å². The lowest BCUT2D eigenvalue weighted by molar-refractivity contribution is 0.440. The zero-order chi connectivity index (χ0) is 19.5. The summed E-state index contributed by atoms with van der Waals surface area (Å²) in [6.45, 7) is 12.1. The summed E-state index contributed by atoms with van der Waals surface area (Å²) < 4.78 is 0. The molecule has 0 saturated heterocycles. The highest BCUT2D eigenvalue weighted by atomic mass is 16.3. The normalized spacial score (nSPS) is 12.2. The maximum absolute atomic E-state index is 10.3. The van der Waals surface area contributed by atoms with Crippen LogP contribution >= 0.6 is 0 Å². The maximum Gasteiger partial charge on any atom is 0.123 e. The minimum atomic E-state index is 0.170. The summed E-state index contributed by atoms with van der Waals surface area (Å²) in [5, 5.41) is 20.6. The molecule has 0 aliphatic rings. The SMILES string of the molecule is C=CCCC(C)=CCc1c(O)cc(CC=C(C)CCC=C(C)C)cc1O. The molecule has 0 spiro atoms. The van der Waals surface area contributed by atoms with Crippen LogP contribution < -0.4 is 0 Å². The lowest BCUT2D eigenvalue weighted by atomic mass is 10.0. The first-order chi connectivity index (χ1) is 12.3. The molecule has 0 aliphatic carbocycles. The van der Waals surface area contributed by atoms with Crippen molar-refractivity contribution in [3.63, 3.8) is 0 Å². The second-order valence-electron chi connectivity index (χ2n) is 7.27. The van der Waals surface area contributed by atoms with Crippen LogP contribution in [0.2, 0.25) is 0 Å². The molecule has 2 nitrogen and oxygen atoms in total. The zero-order valence-electron chi connectivity index (χ0n) is 16.8. The van der Waals surface area contributed by atoms with E-state index in [2.05, 4.69) is 52.5 Å². The molecule has 0 aromatic heterocycles. The van der Waals surface area contributed by atoms with Crippen LogP contribution in [-0.2, 0) is 12.8 Å². The third-order valence-corrected chi connectivity index (χ3v) is 4.44. The maximum atomic E-state index is 10.3. The second kappa shape index (κ2) is 11.4. The minimum Gasteiger partial charge on any atom is -0.508 e. The first kappa shape index (κ1) is 21.8. The fourth-order valence-electron chi connectivity index (χ4n) is 2.72. The molecule has 0 bridgehead atoms. The Morgan fingerprint density at radius 3 is 1.92 bits per heavy atom. The average molecular weight is 355 g/mol. The van der Waals surface area contributed by atoms with Gasteiger partial charge in [-0.3, -0.25) is 0 Å². The molecule has 1 aromatic rings. The van der Waals surface area contributed by atoms with Crippen LogP contribution in [0.5, 0.6) is 11.5 Å². The molecule has 26 heavy (non-hydrogen) atoms. The van der Waals surface area contributed by atoms with E-state index in [1.807, 2.05) is 6.08 Å². The molecule has 0 radical (unpaired) electrons. The van der Waals surface area contributed by atoms with Gasteiger partial charge in [-0.05, 0) is 83.9 Å². The molecule has 2 N–H and O–H groups in total. The van der Waals surface area contributed by atoms with Gasteiger partial charge in [0.05, 0.1) is 0 Å².